The summed E-state index contributed by atoms with van der Waals surface area (Å²) in [7, 11) is 1.52. The van der Waals surface area contributed by atoms with E-state index < -0.39 is 0 Å². The third-order valence-corrected chi connectivity index (χ3v) is 3.97. The SMILES string of the molecule is CCOc1cc(/C=C/C(=O)N[C@H](C)c2ccc(F)cc2)cc(Cl)c1OC. The summed E-state index contributed by atoms with van der Waals surface area (Å²) in [6, 6.07) is 9.21. The fraction of sp³-hybridized carbons (Fsp3) is 0.250. The van der Waals surface area contributed by atoms with Crippen molar-refractivity contribution in [2.45, 2.75) is 19.9 Å². The Hall–Kier alpha value is -2.53. The third kappa shape index (κ3) is 5.23. The first-order valence-electron chi connectivity index (χ1n) is 8.19. The van der Waals surface area contributed by atoms with E-state index in [1.807, 2.05) is 13.8 Å². The summed E-state index contributed by atoms with van der Waals surface area (Å²) >= 11 is 6.19. The molecule has 0 aliphatic carbocycles. The maximum absolute atomic E-state index is 13.0. The number of hydrogen-bond acceptors (Lipinski definition) is 3. The molecule has 0 spiro atoms. The lowest BCUT2D eigenvalue weighted by molar-refractivity contribution is -0.117. The molecule has 0 bridgehead atoms. The predicted molar refractivity (Wildman–Crippen MR) is 101 cm³/mol. The summed E-state index contributed by atoms with van der Waals surface area (Å²) in [5, 5.41) is 3.23. The topological polar surface area (TPSA) is 47.6 Å². The normalized spacial score (nSPS) is 12.0. The Balaban J connectivity index is 2.08. The van der Waals surface area contributed by atoms with Gasteiger partial charge in [0.25, 0.3) is 0 Å². The Morgan fingerprint density at radius 2 is 2.00 bits per heavy atom. The van der Waals surface area contributed by atoms with Crippen LogP contribution in [-0.2, 0) is 4.79 Å². The summed E-state index contributed by atoms with van der Waals surface area (Å²) in [5.41, 5.74) is 1.53. The number of ether oxygens (including phenoxy) is 2. The molecule has 0 aromatic heterocycles. The van der Waals surface area contributed by atoms with Crippen LogP contribution in [0.25, 0.3) is 6.08 Å². The molecule has 2 rings (SSSR count). The second kappa shape index (κ2) is 9.25. The predicted octanol–water partition coefficient (Wildman–Crippen LogP) is 4.78. The van der Waals surface area contributed by atoms with Gasteiger partial charge in [-0.15, -0.1) is 0 Å². The van der Waals surface area contributed by atoms with E-state index in [4.69, 9.17) is 21.1 Å². The van der Waals surface area contributed by atoms with Gasteiger partial charge < -0.3 is 14.8 Å². The van der Waals surface area contributed by atoms with Gasteiger partial charge in [0.15, 0.2) is 11.5 Å². The van der Waals surface area contributed by atoms with E-state index in [1.165, 1.54) is 25.3 Å². The van der Waals surface area contributed by atoms with Gasteiger partial charge in [-0.05, 0) is 55.3 Å². The van der Waals surface area contributed by atoms with Crippen LogP contribution in [0.1, 0.15) is 31.0 Å². The van der Waals surface area contributed by atoms with E-state index in [0.717, 1.165) is 5.56 Å². The van der Waals surface area contributed by atoms with Crippen LogP contribution in [0.2, 0.25) is 5.02 Å². The third-order valence-electron chi connectivity index (χ3n) is 3.69. The van der Waals surface area contributed by atoms with Crippen molar-refractivity contribution in [3.63, 3.8) is 0 Å². The minimum absolute atomic E-state index is 0.244. The van der Waals surface area contributed by atoms with E-state index in [0.29, 0.717) is 28.7 Å². The molecule has 0 saturated carbocycles. The lowest BCUT2D eigenvalue weighted by Gasteiger charge is -2.13. The molecule has 138 valence electrons. The quantitative estimate of drug-likeness (QED) is 0.706. The first-order valence-corrected chi connectivity index (χ1v) is 8.56. The van der Waals surface area contributed by atoms with Gasteiger partial charge in [-0.2, -0.15) is 0 Å². The molecule has 0 fully saturated rings. The van der Waals surface area contributed by atoms with E-state index in [9.17, 15) is 9.18 Å². The van der Waals surface area contributed by atoms with Crippen molar-refractivity contribution in [1.29, 1.82) is 0 Å². The van der Waals surface area contributed by atoms with Crippen LogP contribution >= 0.6 is 11.6 Å². The molecule has 1 N–H and O–H groups in total. The summed E-state index contributed by atoms with van der Waals surface area (Å²) in [4.78, 5) is 12.1. The van der Waals surface area contributed by atoms with Gasteiger partial charge in [0.05, 0.1) is 24.8 Å². The summed E-state index contributed by atoms with van der Waals surface area (Å²) < 4.78 is 23.7. The number of nitrogens with one attached hydrogen (secondary N) is 1. The minimum atomic E-state index is -0.311. The lowest BCUT2D eigenvalue weighted by atomic mass is 10.1. The maximum atomic E-state index is 13.0. The highest BCUT2D eigenvalue weighted by atomic mass is 35.5. The molecule has 0 aliphatic heterocycles. The first-order chi connectivity index (χ1) is 12.4. The zero-order valence-corrected chi connectivity index (χ0v) is 15.6. The number of benzene rings is 2. The van der Waals surface area contributed by atoms with Crippen LogP contribution in [0.4, 0.5) is 4.39 Å². The zero-order valence-electron chi connectivity index (χ0n) is 14.9. The van der Waals surface area contributed by atoms with Gasteiger partial charge in [-0.3, -0.25) is 4.79 Å². The van der Waals surface area contributed by atoms with Crippen molar-refractivity contribution < 1.29 is 18.7 Å². The minimum Gasteiger partial charge on any atom is -0.491 e. The van der Waals surface area contributed by atoms with Crippen LogP contribution in [0.15, 0.2) is 42.5 Å². The van der Waals surface area contributed by atoms with Crippen molar-refractivity contribution in [3.8, 4) is 11.5 Å². The maximum Gasteiger partial charge on any atom is 0.244 e. The molecule has 1 atom stereocenters. The first kappa shape index (κ1) is 19.8. The highest BCUT2D eigenvalue weighted by molar-refractivity contribution is 6.32. The fourth-order valence-corrected chi connectivity index (χ4v) is 2.71. The Morgan fingerprint density at radius 3 is 2.62 bits per heavy atom. The highest BCUT2D eigenvalue weighted by Gasteiger charge is 2.11. The lowest BCUT2D eigenvalue weighted by Crippen LogP contribution is -2.24. The van der Waals surface area contributed by atoms with Crippen molar-refractivity contribution in [2.75, 3.05) is 13.7 Å². The van der Waals surface area contributed by atoms with Crippen LogP contribution in [-0.4, -0.2) is 19.6 Å². The number of halogens is 2. The molecule has 0 saturated heterocycles. The van der Waals surface area contributed by atoms with E-state index >= 15 is 0 Å². The number of carbonyl (C=O) groups is 1. The molecular weight excluding hydrogens is 357 g/mol. The van der Waals surface area contributed by atoms with Crippen LogP contribution in [0.5, 0.6) is 11.5 Å². The van der Waals surface area contributed by atoms with Gasteiger partial charge in [-0.25, -0.2) is 4.39 Å². The monoisotopic (exact) mass is 377 g/mol. The molecule has 2 aromatic rings. The second-order valence-electron chi connectivity index (χ2n) is 5.58. The zero-order chi connectivity index (χ0) is 19.1. The molecule has 26 heavy (non-hydrogen) atoms. The molecule has 0 heterocycles. The molecule has 2 aromatic carbocycles. The Kier molecular flexibility index (Phi) is 7.04. The van der Waals surface area contributed by atoms with Gasteiger partial charge >= 0.3 is 0 Å². The highest BCUT2D eigenvalue weighted by Crippen LogP contribution is 2.36. The average Bonchev–Trinajstić information content (AvgIpc) is 2.60. The number of hydrogen-bond donors (Lipinski definition) is 1. The van der Waals surface area contributed by atoms with Crippen molar-refractivity contribution >= 4 is 23.6 Å². The van der Waals surface area contributed by atoms with Crippen molar-refractivity contribution in [3.05, 3.63) is 64.4 Å². The van der Waals surface area contributed by atoms with Crippen molar-refractivity contribution in [1.82, 2.24) is 5.32 Å². The fourth-order valence-electron chi connectivity index (χ4n) is 2.41. The molecule has 0 aliphatic rings. The number of carbonyl (C=O) groups excluding carboxylic acids is 1. The van der Waals surface area contributed by atoms with Crippen LogP contribution < -0.4 is 14.8 Å². The summed E-state index contributed by atoms with van der Waals surface area (Å²) in [6.07, 6.45) is 3.05. The molecule has 0 unspecified atom stereocenters. The molecule has 1 amide bonds. The average molecular weight is 378 g/mol. The van der Waals surface area contributed by atoms with Crippen LogP contribution in [0, 0.1) is 5.82 Å². The molecular formula is C20H21ClFNO3. The van der Waals surface area contributed by atoms with Gasteiger partial charge in [0, 0.05) is 6.08 Å². The number of methoxy groups -OCH3 is 1. The second-order valence-corrected chi connectivity index (χ2v) is 5.99. The smallest absolute Gasteiger partial charge is 0.244 e. The van der Waals surface area contributed by atoms with E-state index in [2.05, 4.69) is 5.32 Å². The summed E-state index contributed by atoms with van der Waals surface area (Å²) in [5.74, 6) is 0.391. The standard InChI is InChI=1S/C20H21ClFNO3/c1-4-26-18-12-14(11-17(21)20(18)25-3)5-10-19(24)23-13(2)15-6-8-16(22)9-7-15/h5-13H,4H2,1-3H3,(H,23,24)/b10-5+/t13-/m1/s1. The van der Waals surface area contributed by atoms with Gasteiger partial charge in [0.2, 0.25) is 5.91 Å². The summed E-state index contributed by atoms with van der Waals surface area (Å²) in [6.45, 7) is 4.16. The van der Waals surface area contributed by atoms with Gasteiger partial charge in [0.1, 0.15) is 5.82 Å². The van der Waals surface area contributed by atoms with E-state index in [-0.39, 0.29) is 17.8 Å². The molecule has 0 radical (unpaired) electrons. The largest absolute Gasteiger partial charge is 0.491 e. The Labute approximate surface area is 157 Å². The van der Waals surface area contributed by atoms with E-state index in [1.54, 1.807) is 30.3 Å². The number of rotatable bonds is 7. The van der Waals surface area contributed by atoms with Crippen LogP contribution in [0.3, 0.4) is 0 Å². The van der Waals surface area contributed by atoms with Gasteiger partial charge in [-0.1, -0.05) is 23.7 Å². The molecule has 6 heteroatoms. The Bertz CT molecular complexity index is 790. The Morgan fingerprint density at radius 1 is 1.31 bits per heavy atom. The molecule has 4 nitrogen and oxygen atoms in total. The van der Waals surface area contributed by atoms with Crippen molar-refractivity contribution in [2.24, 2.45) is 0 Å². The number of amides is 1.